The number of hydrogen-bond donors (Lipinski definition) is 1. The van der Waals surface area contributed by atoms with Crippen LogP contribution in [0.5, 0.6) is 0 Å². The van der Waals surface area contributed by atoms with Crippen LogP contribution in [0.4, 0.5) is 0 Å². The maximum atomic E-state index is 10.7. The highest BCUT2D eigenvalue weighted by Gasteiger charge is 2.30. The van der Waals surface area contributed by atoms with Gasteiger partial charge in [-0.15, -0.1) is 0 Å². The van der Waals surface area contributed by atoms with Crippen molar-refractivity contribution >= 4 is 0 Å². The van der Waals surface area contributed by atoms with Gasteiger partial charge in [0.25, 0.3) is 0 Å². The van der Waals surface area contributed by atoms with Gasteiger partial charge in [-0.3, -0.25) is 0 Å². The Balaban J connectivity index is 0.00000841. The van der Waals surface area contributed by atoms with Gasteiger partial charge in [0.1, 0.15) is 12.1 Å². The second-order valence-electron chi connectivity index (χ2n) is 9.69. The number of hydrogen-bond acceptors (Lipinski definition) is 1. The first-order valence-electron chi connectivity index (χ1n) is 12.5. The van der Waals surface area contributed by atoms with E-state index < -0.39 is 6.10 Å². The minimum absolute atomic E-state index is 0. The van der Waals surface area contributed by atoms with E-state index >= 15 is 0 Å². The van der Waals surface area contributed by atoms with E-state index in [9.17, 15) is 5.11 Å². The van der Waals surface area contributed by atoms with Gasteiger partial charge in [0, 0.05) is 0 Å². The van der Waals surface area contributed by atoms with Gasteiger partial charge in [0.15, 0.2) is 0 Å². The van der Waals surface area contributed by atoms with Crippen LogP contribution in [0.25, 0.3) is 0 Å². The molecule has 0 saturated carbocycles. The van der Waals surface area contributed by atoms with E-state index in [4.69, 9.17) is 0 Å². The van der Waals surface area contributed by atoms with E-state index in [2.05, 4.69) is 27.9 Å². The van der Waals surface area contributed by atoms with Crippen molar-refractivity contribution in [1.82, 2.24) is 0 Å². The average Bonchev–Trinajstić information content (AvgIpc) is 2.73. The molecule has 0 unspecified atom stereocenters. The predicted octanol–water partition coefficient (Wildman–Crippen LogP) is 4.67. The topological polar surface area (TPSA) is 20.2 Å². The second kappa shape index (κ2) is 18.2. The third-order valence-corrected chi connectivity index (χ3v) is 6.79. The first-order chi connectivity index (χ1) is 14.0. The fourth-order valence-corrected chi connectivity index (χ4v) is 4.23. The maximum absolute atomic E-state index is 10.7. The van der Waals surface area contributed by atoms with Crippen LogP contribution in [-0.4, -0.2) is 36.3 Å². The third-order valence-electron chi connectivity index (χ3n) is 6.79. The maximum Gasteiger partial charge on any atom is 0.130 e. The zero-order chi connectivity index (χ0) is 21.4. The number of halogens is 1. The molecule has 1 aromatic rings. The molecule has 1 rings (SSSR count). The fourth-order valence-electron chi connectivity index (χ4n) is 4.23. The van der Waals surface area contributed by atoms with Crippen LogP contribution in [0, 0.1) is 0 Å². The summed E-state index contributed by atoms with van der Waals surface area (Å²) in [5.74, 6) is 0. The number of quaternary nitrogens is 1. The molecule has 1 N–H and O–H groups in total. The molecule has 0 aliphatic rings. The van der Waals surface area contributed by atoms with Crippen molar-refractivity contribution in [2.24, 2.45) is 0 Å². The number of benzene rings is 1. The molecule has 0 aliphatic carbocycles. The lowest BCUT2D eigenvalue weighted by atomic mass is 10.0. The first-order valence-corrected chi connectivity index (χ1v) is 12.5. The monoisotopic (exact) mass is 483 g/mol. The van der Waals surface area contributed by atoms with E-state index in [1.54, 1.807) is 0 Å². The molecule has 0 aliphatic heterocycles. The lowest BCUT2D eigenvalue weighted by molar-refractivity contribution is -0.917. The number of aliphatic hydroxyl groups excluding tert-OH is 1. The van der Waals surface area contributed by atoms with Gasteiger partial charge >= 0.3 is 0 Å². The zero-order valence-corrected chi connectivity index (χ0v) is 22.0. The van der Waals surface area contributed by atoms with Gasteiger partial charge in [0.2, 0.25) is 0 Å². The molecular weight excluding hydrogens is 434 g/mol. The molecule has 2 atom stereocenters. The van der Waals surface area contributed by atoms with Gasteiger partial charge in [0.05, 0.1) is 20.6 Å². The molecule has 1 aromatic carbocycles. The summed E-state index contributed by atoms with van der Waals surface area (Å²) >= 11 is 0. The minimum Gasteiger partial charge on any atom is -1.00 e. The first kappa shape index (κ1) is 29.6. The summed E-state index contributed by atoms with van der Waals surface area (Å²) in [6.45, 7) is 5.61. The molecule has 0 amide bonds. The molecule has 3 heteroatoms. The standard InChI is InChI=1S/C27H50NO.BrH/c1-5-6-7-8-9-10-11-12-13-14-15-16-17-21-24-28(3,4)25(2)27(29)26-22-19-18-20-23-26;/h18-20,22-23,25,27,29H,5-17,21,24H2,1-4H3;1H/q+1;/p-1/t25-,27-;/m1./s1. The van der Waals surface area contributed by atoms with Crippen molar-refractivity contribution in [3.8, 4) is 0 Å². The lowest BCUT2D eigenvalue weighted by Gasteiger charge is -2.38. The Morgan fingerprint density at radius 2 is 1.10 bits per heavy atom. The predicted molar refractivity (Wildman–Crippen MR) is 128 cm³/mol. The molecule has 176 valence electrons. The van der Waals surface area contributed by atoms with Crippen LogP contribution in [0.15, 0.2) is 30.3 Å². The van der Waals surface area contributed by atoms with Crippen LogP contribution >= 0.6 is 0 Å². The van der Waals surface area contributed by atoms with Gasteiger partial charge in [-0.05, 0) is 25.3 Å². The van der Waals surface area contributed by atoms with Crippen LogP contribution in [-0.2, 0) is 0 Å². The molecular formula is C27H50BrNO. The number of unbranched alkanes of at least 4 members (excludes halogenated alkanes) is 13. The molecule has 30 heavy (non-hydrogen) atoms. The van der Waals surface area contributed by atoms with Crippen molar-refractivity contribution in [3.63, 3.8) is 0 Å². The summed E-state index contributed by atoms with van der Waals surface area (Å²) in [6, 6.07) is 10.3. The highest BCUT2D eigenvalue weighted by atomic mass is 79.9. The number of aliphatic hydroxyl groups is 1. The van der Waals surface area contributed by atoms with Crippen molar-refractivity contribution in [3.05, 3.63) is 35.9 Å². The summed E-state index contributed by atoms with van der Waals surface area (Å²) in [4.78, 5) is 0. The van der Waals surface area contributed by atoms with Gasteiger partial charge in [-0.25, -0.2) is 0 Å². The number of likely N-dealkylation sites (N-methyl/N-ethyl adjacent to an activating group) is 1. The third kappa shape index (κ3) is 13.1. The van der Waals surface area contributed by atoms with E-state index in [-0.39, 0.29) is 23.0 Å². The smallest absolute Gasteiger partial charge is 0.130 e. The van der Waals surface area contributed by atoms with Crippen LogP contribution < -0.4 is 17.0 Å². The summed E-state index contributed by atoms with van der Waals surface area (Å²) < 4.78 is 0.883. The summed E-state index contributed by atoms with van der Waals surface area (Å²) in [5.41, 5.74) is 1.03. The highest BCUT2D eigenvalue weighted by Crippen LogP contribution is 2.24. The van der Waals surface area contributed by atoms with Gasteiger partial charge in [-0.1, -0.05) is 114 Å². The van der Waals surface area contributed by atoms with E-state index in [1.807, 2.05) is 30.3 Å². The van der Waals surface area contributed by atoms with E-state index in [1.165, 1.54) is 89.9 Å². The zero-order valence-electron chi connectivity index (χ0n) is 20.4. The normalized spacial score (nSPS) is 13.6. The molecule has 0 fully saturated rings. The average molecular weight is 485 g/mol. The molecule has 0 aromatic heterocycles. The van der Waals surface area contributed by atoms with Crippen LogP contribution in [0.3, 0.4) is 0 Å². The van der Waals surface area contributed by atoms with E-state index in [0.717, 1.165) is 16.6 Å². The Morgan fingerprint density at radius 3 is 1.53 bits per heavy atom. The molecule has 0 saturated heterocycles. The second-order valence-corrected chi connectivity index (χ2v) is 9.69. The van der Waals surface area contributed by atoms with Crippen LogP contribution in [0.1, 0.15) is 115 Å². The van der Waals surface area contributed by atoms with Crippen LogP contribution in [0.2, 0.25) is 0 Å². The molecule has 0 bridgehead atoms. The Labute approximate surface area is 198 Å². The lowest BCUT2D eigenvalue weighted by Crippen LogP contribution is -3.00. The molecule has 0 spiro atoms. The summed E-state index contributed by atoms with van der Waals surface area (Å²) in [6.07, 6.45) is 19.2. The van der Waals surface area contributed by atoms with Crippen molar-refractivity contribution in [2.45, 2.75) is 116 Å². The molecule has 2 nitrogen and oxygen atoms in total. The van der Waals surface area contributed by atoms with Gasteiger partial charge in [-0.2, -0.15) is 0 Å². The van der Waals surface area contributed by atoms with Gasteiger partial charge < -0.3 is 26.6 Å². The fraction of sp³-hybridized carbons (Fsp3) is 0.778. The van der Waals surface area contributed by atoms with Crippen molar-refractivity contribution in [2.75, 3.05) is 20.6 Å². The number of rotatable bonds is 18. The Kier molecular flexibility index (Phi) is 18.0. The largest absolute Gasteiger partial charge is 1.00 e. The van der Waals surface area contributed by atoms with Crippen molar-refractivity contribution in [1.29, 1.82) is 0 Å². The Hall–Kier alpha value is -0.380. The van der Waals surface area contributed by atoms with E-state index in [0.29, 0.717) is 0 Å². The number of nitrogens with zero attached hydrogens (tertiary/aromatic N) is 1. The van der Waals surface area contributed by atoms with Crippen molar-refractivity contribution < 1.29 is 26.6 Å². The quantitative estimate of drug-likeness (QED) is 0.237. The summed E-state index contributed by atoms with van der Waals surface area (Å²) in [5, 5.41) is 10.7. The molecule has 0 heterocycles. The molecule has 0 radical (unpaired) electrons. The highest BCUT2D eigenvalue weighted by molar-refractivity contribution is 5.18. The summed E-state index contributed by atoms with van der Waals surface area (Å²) in [7, 11) is 4.53. The SMILES string of the molecule is CCCCCCCCCCCCCCCC[N+](C)(C)[C@H](C)[C@@H](O)c1ccccc1.[Br-]. The Bertz CT molecular complexity index is 491. The Morgan fingerprint density at radius 1 is 0.700 bits per heavy atom. The minimum atomic E-state index is -0.391.